The molecule has 0 aromatic rings. The number of nitrogens with one attached hydrogen (secondary N) is 3. The summed E-state index contributed by atoms with van der Waals surface area (Å²) in [6.07, 6.45) is 3.43. The van der Waals surface area contributed by atoms with Crippen molar-refractivity contribution < 1.29 is 9.59 Å². The topological polar surface area (TPSA) is 73.5 Å². The summed E-state index contributed by atoms with van der Waals surface area (Å²) in [5.41, 5.74) is 0. The van der Waals surface area contributed by atoms with Gasteiger partial charge in [0.1, 0.15) is 0 Å². The number of nitrogens with zero attached hydrogens (tertiary/aromatic N) is 1. The van der Waals surface area contributed by atoms with Crippen LogP contribution in [0.4, 0.5) is 0 Å². The second-order valence-corrected chi connectivity index (χ2v) is 5.50. The zero-order valence-electron chi connectivity index (χ0n) is 13.2. The van der Waals surface area contributed by atoms with Crippen molar-refractivity contribution in [2.45, 2.75) is 39.0 Å². The van der Waals surface area contributed by atoms with Crippen LogP contribution in [0, 0.1) is 0 Å². The van der Waals surface area contributed by atoms with E-state index >= 15 is 0 Å². The van der Waals surface area contributed by atoms with Crippen molar-refractivity contribution >= 4 is 11.8 Å². The zero-order chi connectivity index (χ0) is 15.3. The Hall–Kier alpha value is -1.14. The highest BCUT2D eigenvalue weighted by atomic mass is 16.2. The molecule has 0 aliphatic carbocycles. The standard InChI is InChI=1S/C15H30N4O2/c1-2-7-17-14(20)5-3-6-15(21)18-8-4-11-19-12-9-16-10-13-19/h16H,2-13H2,1H3,(H,17,20)(H,18,21). The summed E-state index contributed by atoms with van der Waals surface area (Å²) < 4.78 is 0. The number of amides is 2. The van der Waals surface area contributed by atoms with Crippen LogP contribution in [-0.2, 0) is 9.59 Å². The van der Waals surface area contributed by atoms with Crippen molar-refractivity contribution in [2.75, 3.05) is 45.8 Å². The highest BCUT2D eigenvalue weighted by molar-refractivity contribution is 5.78. The SMILES string of the molecule is CCCNC(=O)CCCC(=O)NCCCN1CCNCC1. The number of rotatable bonds is 10. The van der Waals surface area contributed by atoms with Gasteiger partial charge in [-0.1, -0.05) is 6.92 Å². The van der Waals surface area contributed by atoms with Gasteiger partial charge >= 0.3 is 0 Å². The van der Waals surface area contributed by atoms with Crippen LogP contribution in [0.1, 0.15) is 39.0 Å². The molecule has 0 spiro atoms. The fourth-order valence-corrected chi connectivity index (χ4v) is 2.32. The van der Waals surface area contributed by atoms with Gasteiger partial charge in [-0.05, 0) is 25.8 Å². The molecule has 1 heterocycles. The molecule has 0 radical (unpaired) electrons. The number of carbonyl (C=O) groups excluding carboxylic acids is 2. The van der Waals surface area contributed by atoms with Gasteiger partial charge in [0.25, 0.3) is 0 Å². The summed E-state index contributed by atoms with van der Waals surface area (Å²) in [7, 11) is 0. The van der Waals surface area contributed by atoms with Crippen molar-refractivity contribution in [1.82, 2.24) is 20.9 Å². The van der Waals surface area contributed by atoms with Gasteiger partial charge in [-0.3, -0.25) is 9.59 Å². The second kappa shape index (κ2) is 11.5. The van der Waals surface area contributed by atoms with Gasteiger partial charge in [0.15, 0.2) is 0 Å². The van der Waals surface area contributed by atoms with E-state index in [4.69, 9.17) is 0 Å². The fourth-order valence-electron chi connectivity index (χ4n) is 2.32. The maximum atomic E-state index is 11.6. The highest BCUT2D eigenvalue weighted by Gasteiger charge is 2.09. The average molecular weight is 298 g/mol. The van der Waals surface area contributed by atoms with E-state index in [1.807, 2.05) is 6.92 Å². The van der Waals surface area contributed by atoms with Gasteiger partial charge < -0.3 is 20.9 Å². The van der Waals surface area contributed by atoms with Crippen LogP contribution in [0.5, 0.6) is 0 Å². The quantitative estimate of drug-likeness (QED) is 0.500. The van der Waals surface area contributed by atoms with E-state index < -0.39 is 0 Å². The third kappa shape index (κ3) is 9.42. The summed E-state index contributed by atoms with van der Waals surface area (Å²) >= 11 is 0. The van der Waals surface area contributed by atoms with E-state index in [0.29, 0.717) is 19.3 Å². The van der Waals surface area contributed by atoms with Gasteiger partial charge in [-0.25, -0.2) is 0 Å². The van der Waals surface area contributed by atoms with Crippen LogP contribution >= 0.6 is 0 Å². The first-order valence-corrected chi connectivity index (χ1v) is 8.19. The van der Waals surface area contributed by atoms with Gasteiger partial charge in [-0.15, -0.1) is 0 Å². The van der Waals surface area contributed by atoms with Gasteiger partial charge in [0.2, 0.25) is 11.8 Å². The molecule has 1 saturated heterocycles. The summed E-state index contributed by atoms with van der Waals surface area (Å²) in [5, 5.41) is 9.06. The number of carbonyl (C=O) groups is 2. The molecule has 3 N–H and O–H groups in total. The Morgan fingerprint density at radius 1 is 1.00 bits per heavy atom. The minimum Gasteiger partial charge on any atom is -0.356 e. The molecule has 1 rings (SSSR count). The highest BCUT2D eigenvalue weighted by Crippen LogP contribution is 1.97. The average Bonchev–Trinajstić information content (AvgIpc) is 2.50. The summed E-state index contributed by atoms with van der Waals surface area (Å²) in [5.74, 6) is 0.0990. The van der Waals surface area contributed by atoms with E-state index in [0.717, 1.165) is 58.7 Å². The molecule has 1 fully saturated rings. The Balaban J connectivity index is 1.92. The van der Waals surface area contributed by atoms with E-state index in [-0.39, 0.29) is 11.8 Å². The van der Waals surface area contributed by atoms with Crippen LogP contribution in [0.3, 0.4) is 0 Å². The molecule has 0 aromatic heterocycles. The molecular formula is C15H30N4O2. The molecule has 21 heavy (non-hydrogen) atoms. The van der Waals surface area contributed by atoms with Crippen molar-refractivity contribution in [2.24, 2.45) is 0 Å². The van der Waals surface area contributed by atoms with E-state index in [9.17, 15) is 9.59 Å². The van der Waals surface area contributed by atoms with E-state index in [2.05, 4.69) is 20.9 Å². The molecule has 6 nitrogen and oxygen atoms in total. The molecular weight excluding hydrogens is 268 g/mol. The lowest BCUT2D eigenvalue weighted by atomic mass is 10.2. The molecule has 0 atom stereocenters. The molecule has 6 heteroatoms. The van der Waals surface area contributed by atoms with Crippen molar-refractivity contribution in [3.63, 3.8) is 0 Å². The van der Waals surface area contributed by atoms with Gasteiger partial charge in [-0.2, -0.15) is 0 Å². The normalized spacial score (nSPS) is 15.7. The lowest BCUT2D eigenvalue weighted by Crippen LogP contribution is -2.44. The first kappa shape index (κ1) is 17.9. The van der Waals surface area contributed by atoms with Gasteiger partial charge in [0, 0.05) is 52.1 Å². The monoisotopic (exact) mass is 298 g/mol. The minimum absolute atomic E-state index is 0.0448. The molecule has 1 aliphatic heterocycles. The Bertz CT molecular complexity index is 304. The minimum atomic E-state index is 0.0448. The molecule has 122 valence electrons. The number of hydrogen-bond acceptors (Lipinski definition) is 4. The Kier molecular flexibility index (Phi) is 9.82. The first-order chi connectivity index (χ1) is 10.2. The van der Waals surface area contributed by atoms with E-state index in [1.54, 1.807) is 0 Å². The number of piperazine rings is 1. The molecule has 2 amide bonds. The first-order valence-electron chi connectivity index (χ1n) is 8.19. The molecule has 0 aromatic carbocycles. The molecule has 0 unspecified atom stereocenters. The van der Waals surface area contributed by atoms with Crippen molar-refractivity contribution in [1.29, 1.82) is 0 Å². The van der Waals surface area contributed by atoms with Crippen LogP contribution < -0.4 is 16.0 Å². The lowest BCUT2D eigenvalue weighted by molar-refractivity contribution is -0.122. The lowest BCUT2D eigenvalue weighted by Gasteiger charge is -2.27. The largest absolute Gasteiger partial charge is 0.356 e. The maximum absolute atomic E-state index is 11.6. The predicted octanol–water partition coefficient (Wildman–Crippen LogP) is 0.0944. The Morgan fingerprint density at radius 2 is 1.62 bits per heavy atom. The maximum Gasteiger partial charge on any atom is 0.220 e. The fraction of sp³-hybridized carbons (Fsp3) is 0.867. The molecule has 0 saturated carbocycles. The number of hydrogen-bond donors (Lipinski definition) is 3. The summed E-state index contributed by atoms with van der Waals surface area (Å²) in [4.78, 5) is 25.4. The van der Waals surface area contributed by atoms with E-state index in [1.165, 1.54) is 0 Å². The van der Waals surface area contributed by atoms with Crippen LogP contribution in [0.15, 0.2) is 0 Å². The van der Waals surface area contributed by atoms with Crippen LogP contribution in [-0.4, -0.2) is 62.5 Å². The van der Waals surface area contributed by atoms with Gasteiger partial charge in [0.05, 0.1) is 0 Å². The van der Waals surface area contributed by atoms with Crippen molar-refractivity contribution in [3.05, 3.63) is 0 Å². The van der Waals surface area contributed by atoms with Crippen LogP contribution in [0.2, 0.25) is 0 Å². The third-order valence-electron chi connectivity index (χ3n) is 3.56. The summed E-state index contributed by atoms with van der Waals surface area (Å²) in [6, 6.07) is 0. The third-order valence-corrected chi connectivity index (χ3v) is 3.56. The second-order valence-electron chi connectivity index (χ2n) is 5.50. The van der Waals surface area contributed by atoms with Crippen LogP contribution in [0.25, 0.3) is 0 Å². The smallest absolute Gasteiger partial charge is 0.220 e. The Labute approximate surface area is 128 Å². The molecule has 1 aliphatic rings. The van der Waals surface area contributed by atoms with Crippen molar-refractivity contribution in [3.8, 4) is 0 Å². The Morgan fingerprint density at radius 3 is 2.24 bits per heavy atom. The summed E-state index contributed by atoms with van der Waals surface area (Å²) in [6.45, 7) is 8.83. The zero-order valence-corrected chi connectivity index (χ0v) is 13.2. The molecule has 0 bridgehead atoms. The predicted molar refractivity (Wildman–Crippen MR) is 84.1 cm³/mol.